The van der Waals surface area contributed by atoms with E-state index in [1.54, 1.807) is 29.0 Å². The minimum Gasteiger partial charge on any atom is -0.496 e. The smallest absolute Gasteiger partial charge is 0.373 e. The Morgan fingerprint density at radius 2 is 2.00 bits per heavy atom. The number of aromatic nitrogens is 3. The molecule has 0 N–H and O–H groups in total. The van der Waals surface area contributed by atoms with Crippen molar-refractivity contribution in [3.8, 4) is 17.0 Å². The van der Waals surface area contributed by atoms with Crippen molar-refractivity contribution in [2.24, 2.45) is 0 Å². The average Bonchev–Trinajstić information content (AvgIpc) is 3.49. The molecule has 1 fully saturated rings. The zero-order chi connectivity index (χ0) is 20.7. The van der Waals surface area contributed by atoms with Crippen LogP contribution in [0, 0.1) is 10.1 Å². The molecule has 0 unspecified atom stereocenters. The van der Waals surface area contributed by atoms with Crippen LogP contribution in [-0.2, 0) is 0 Å². The number of methoxy groups -OCH3 is 1. The number of benzene rings is 1. The second kappa shape index (κ2) is 7.69. The van der Waals surface area contributed by atoms with Gasteiger partial charge in [0.25, 0.3) is 4.96 Å². The second-order valence-corrected chi connectivity index (χ2v) is 8.87. The van der Waals surface area contributed by atoms with Crippen LogP contribution >= 0.6 is 22.7 Å². The van der Waals surface area contributed by atoms with Crippen molar-refractivity contribution in [1.29, 1.82) is 0 Å². The van der Waals surface area contributed by atoms with Crippen LogP contribution < -0.4 is 9.64 Å². The molecule has 0 radical (unpaired) electrons. The molecule has 4 heterocycles. The fourth-order valence-electron chi connectivity index (χ4n) is 3.94. The van der Waals surface area contributed by atoms with E-state index >= 15 is 0 Å². The van der Waals surface area contributed by atoms with Gasteiger partial charge in [0.2, 0.25) is 5.82 Å². The molecule has 30 heavy (non-hydrogen) atoms. The molecule has 10 heteroatoms. The van der Waals surface area contributed by atoms with Gasteiger partial charge >= 0.3 is 5.82 Å². The first-order valence-electron chi connectivity index (χ1n) is 9.59. The second-order valence-electron chi connectivity index (χ2n) is 7.10. The van der Waals surface area contributed by atoms with E-state index in [2.05, 4.69) is 10.4 Å². The molecule has 1 aliphatic heterocycles. The lowest BCUT2D eigenvalue weighted by Gasteiger charge is -2.30. The number of piperidine rings is 1. The van der Waals surface area contributed by atoms with Gasteiger partial charge in [-0.15, -0.1) is 11.3 Å². The first-order valence-corrected chi connectivity index (χ1v) is 11.4. The Hall–Kier alpha value is -2.98. The van der Waals surface area contributed by atoms with Crippen molar-refractivity contribution in [2.75, 3.05) is 25.1 Å². The third-order valence-electron chi connectivity index (χ3n) is 5.44. The van der Waals surface area contributed by atoms with E-state index in [1.807, 2.05) is 34.5 Å². The molecule has 8 nitrogen and oxygen atoms in total. The first kappa shape index (κ1) is 19.0. The van der Waals surface area contributed by atoms with Crippen LogP contribution in [0.25, 0.3) is 16.2 Å². The SMILES string of the molecule is COc1ccccc1-c1csc(C2CCN(c3nc4sccn4c3[N+](=O)[O-])CC2)n1. The molecule has 1 saturated heterocycles. The maximum atomic E-state index is 11.6. The molecule has 0 amide bonds. The summed E-state index contributed by atoms with van der Waals surface area (Å²) in [5.74, 6) is 1.69. The van der Waals surface area contributed by atoms with E-state index < -0.39 is 0 Å². The molecule has 154 valence electrons. The highest BCUT2D eigenvalue weighted by molar-refractivity contribution is 7.15. The van der Waals surface area contributed by atoms with Gasteiger partial charge in [-0.05, 0) is 29.9 Å². The molecule has 1 aliphatic rings. The highest BCUT2D eigenvalue weighted by Gasteiger charge is 2.31. The van der Waals surface area contributed by atoms with Crippen molar-refractivity contribution in [2.45, 2.75) is 18.8 Å². The zero-order valence-electron chi connectivity index (χ0n) is 16.2. The number of imidazole rings is 1. The van der Waals surface area contributed by atoms with Gasteiger partial charge in [0, 0.05) is 35.3 Å². The monoisotopic (exact) mass is 441 g/mol. The van der Waals surface area contributed by atoms with Gasteiger partial charge in [-0.3, -0.25) is 0 Å². The standard InChI is InChI=1S/C20H19N5O3S2/c1-28-16-5-3-2-4-14(16)15-12-30-18(21-15)13-6-8-23(9-7-13)17-19(25(26)27)24-10-11-29-20(24)22-17/h2-5,10-13H,6-9H2,1H3. The fraction of sp³-hybridized carbons (Fsp3) is 0.300. The van der Waals surface area contributed by atoms with Gasteiger partial charge in [0.1, 0.15) is 11.9 Å². The number of para-hydroxylation sites is 1. The Morgan fingerprint density at radius 1 is 1.20 bits per heavy atom. The Bertz CT molecular complexity index is 1210. The summed E-state index contributed by atoms with van der Waals surface area (Å²) >= 11 is 3.08. The number of nitro groups is 1. The van der Waals surface area contributed by atoms with Crippen LogP contribution in [0.5, 0.6) is 5.75 Å². The van der Waals surface area contributed by atoms with Gasteiger partial charge in [-0.25, -0.2) is 4.98 Å². The Labute approximate surface area is 180 Å². The lowest BCUT2D eigenvalue weighted by Crippen LogP contribution is -2.33. The van der Waals surface area contributed by atoms with Gasteiger partial charge in [-0.1, -0.05) is 23.5 Å². The Kier molecular flexibility index (Phi) is 4.87. The van der Waals surface area contributed by atoms with Crippen molar-refractivity contribution >= 4 is 39.3 Å². The Morgan fingerprint density at radius 3 is 2.77 bits per heavy atom. The number of nitrogens with zero attached hydrogens (tertiary/aromatic N) is 5. The molecule has 0 saturated carbocycles. The van der Waals surface area contributed by atoms with E-state index in [4.69, 9.17) is 9.72 Å². The Balaban J connectivity index is 1.34. The summed E-state index contributed by atoms with van der Waals surface area (Å²) in [6, 6.07) is 7.89. The highest BCUT2D eigenvalue weighted by Crippen LogP contribution is 2.38. The predicted octanol–water partition coefficient (Wildman–Crippen LogP) is 4.82. The van der Waals surface area contributed by atoms with Gasteiger partial charge in [0.05, 0.1) is 17.8 Å². The summed E-state index contributed by atoms with van der Waals surface area (Å²) in [4.78, 5) is 23.4. The first-order chi connectivity index (χ1) is 14.7. The molecule has 0 spiro atoms. The molecule has 0 aliphatic carbocycles. The number of ether oxygens (including phenoxy) is 1. The van der Waals surface area contributed by atoms with E-state index in [0.717, 1.165) is 47.9 Å². The predicted molar refractivity (Wildman–Crippen MR) is 118 cm³/mol. The topological polar surface area (TPSA) is 85.8 Å². The highest BCUT2D eigenvalue weighted by atomic mass is 32.1. The third-order valence-corrected chi connectivity index (χ3v) is 7.20. The van der Waals surface area contributed by atoms with Crippen molar-refractivity contribution in [3.63, 3.8) is 0 Å². The molecule has 0 atom stereocenters. The number of rotatable bonds is 5. The molecule has 1 aromatic carbocycles. The lowest BCUT2D eigenvalue weighted by molar-refractivity contribution is -0.389. The van der Waals surface area contributed by atoms with E-state index in [0.29, 0.717) is 16.7 Å². The van der Waals surface area contributed by atoms with Crippen molar-refractivity contribution in [1.82, 2.24) is 14.4 Å². The summed E-state index contributed by atoms with van der Waals surface area (Å²) in [7, 11) is 1.67. The normalized spacial score (nSPS) is 15.0. The number of thiazole rings is 2. The lowest BCUT2D eigenvalue weighted by atomic mass is 9.97. The summed E-state index contributed by atoms with van der Waals surface area (Å²) in [5, 5.41) is 16.6. The molecule has 5 rings (SSSR count). The van der Waals surface area contributed by atoms with E-state index in [9.17, 15) is 10.1 Å². The van der Waals surface area contributed by atoms with Crippen LogP contribution in [-0.4, -0.2) is 39.5 Å². The minimum absolute atomic E-state index is 0.0532. The molecule has 4 aromatic rings. The summed E-state index contributed by atoms with van der Waals surface area (Å²) in [6.45, 7) is 1.44. The van der Waals surface area contributed by atoms with Gasteiger partial charge in [-0.2, -0.15) is 9.38 Å². The molecular weight excluding hydrogens is 422 g/mol. The zero-order valence-corrected chi connectivity index (χ0v) is 17.9. The minimum atomic E-state index is -0.339. The fourth-order valence-corrected chi connectivity index (χ4v) is 5.63. The van der Waals surface area contributed by atoms with Crippen LogP contribution in [0.3, 0.4) is 0 Å². The van der Waals surface area contributed by atoms with Gasteiger partial charge < -0.3 is 19.8 Å². The van der Waals surface area contributed by atoms with Crippen LogP contribution in [0.2, 0.25) is 0 Å². The number of fused-ring (bicyclic) bond motifs is 1. The van der Waals surface area contributed by atoms with E-state index in [-0.39, 0.29) is 10.7 Å². The summed E-state index contributed by atoms with van der Waals surface area (Å²) in [5.41, 5.74) is 1.92. The van der Waals surface area contributed by atoms with Crippen LogP contribution in [0.15, 0.2) is 41.2 Å². The number of hydrogen-bond acceptors (Lipinski definition) is 8. The van der Waals surface area contributed by atoms with Crippen LogP contribution in [0.1, 0.15) is 23.8 Å². The quantitative estimate of drug-likeness (QED) is 0.326. The van der Waals surface area contributed by atoms with Crippen molar-refractivity contribution in [3.05, 3.63) is 56.3 Å². The average molecular weight is 442 g/mol. The molecule has 0 bridgehead atoms. The maximum absolute atomic E-state index is 11.6. The molecule has 3 aromatic heterocycles. The van der Waals surface area contributed by atoms with Crippen LogP contribution in [0.4, 0.5) is 11.6 Å². The number of hydrogen-bond donors (Lipinski definition) is 0. The number of anilines is 1. The largest absolute Gasteiger partial charge is 0.496 e. The maximum Gasteiger partial charge on any atom is 0.373 e. The third kappa shape index (κ3) is 3.21. The summed E-state index contributed by atoms with van der Waals surface area (Å²) < 4.78 is 7.02. The van der Waals surface area contributed by atoms with Gasteiger partial charge in [0.15, 0.2) is 0 Å². The summed E-state index contributed by atoms with van der Waals surface area (Å²) in [6.07, 6.45) is 3.48. The van der Waals surface area contributed by atoms with Crippen molar-refractivity contribution < 1.29 is 9.66 Å². The van der Waals surface area contributed by atoms with E-state index in [1.165, 1.54) is 11.3 Å². The molecular formula is C20H19N5O3S2.